The molecular formula is C9H9NO3. The van der Waals surface area contributed by atoms with Gasteiger partial charge in [0.15, 0.2) is 0 Å². The molecule has 2 aliphatic carbocycles. The first-order valence-electron chi connectivity index (χ1n) is 4.46. The Bertz CT molecular complexity index is 323. The number of amides is 1. The van der Waals surface area contributed by atoms with Crippen LogP contribution >= 0.6 is 0 Å². The van der Waals surface area contributed by atoms with Crippen molar-refractivity contribution < 1.29 is 14.3 Å². The van der Waals surface area contributed by atoms with Crippen LogP contribution in [-0.4, -0.2) is 18.1 Å². The predicted molar refractivity (Wildman–Crippen MR) is 42.6 cm³/mol. The van der Waals surface area contributed by atoms with Gasteiger partial charge in [-0.25, -0.2) is 4.79 Å². The first-order valence-corrected chi connectivity index (χ1v) is 4.46. The summed E-state index contributed by atoms with van der Waals surface area (Å²) in [6, 6.07) is -0.0104. The van der Waals surface area contributed by atoms with Crippen LogP contribution in [0.3, 0.4) is 0 Å². The van der Waals surface area contributed by atoms with Crippen LogP contribution in [0.2, 0.25) is 0 Å². The Balaban J connectivity index is 1.98. The molecule has 1 aliphatic heterocycles. The average Bonchev–Trinajstić information content (AvgIpc) is 2.62. The monoisotopic (exact) mass is 179 g/mol. The maximum Gasteiger partial charge on any atom is 0.415 e. The molecule has 2 fully saturated rings. The number of carbonyl (C=O) groups is 2. The fourth-order valence-electron chi connectivity index (χ4n) is 2.67. The van der Waals surface area contributed by atoms with Gasteiger partial charge in [0.05, 0.1) is 12.0 Å². The second kappa shape index (κ2) is 2.13. The Morgan fingerprint density at radius 3 is 2.92 bits per heavy atom. The summed E-state index contributed by atoms with van der Waals surface area (Å²) in [6.07, 6.45) is 4.53. The third-order valence-corrected chi connectivity index (χ3v) is 3.21. The van der Waals surface area contributed by atoms with E-state index in [1.165, 1.54) is 0 Å². The zero-order valence-electron chi connectivity index (χ0n) is 6.90. The molecule has 4 heteroatoms. The summed E-state index contributed by atoms with van der Waals surface area (Å²) in [5, 5.41) is 2.71. The Kier molecular flexibility index (Phi) is 1.17. The lowest BCUT2D eigenvalue weighted by molar-refractivity contribution is -0.146. The number of fused-ring (bicyclic) bond motifs is 5. The summed E-state index contributed by atoms with van der Waals surface area (Å²) in [6.45, 7) is 0. The molecule has 0 aromatic heterocycles. The number of rotatable bonds is 0. The number of cyclic esters (lactones) is 2. The van der Waals surface area contributed by atoms with Gasteiger partial charge >= 0.3 is 12.1 Å². The van der Waals surface area contributed by atoms with E-state index in [9.17, 15) is 9.59 Å². The minimum Gasteiger partial charge on any atom is -0.376 e. The van der Waals surface area contributed by atoms with Crippen LogP contribution in [0.1, 0.15) is 6.42 Å². The topological polar surface area (TPSA) is 55.4 Å². The van der Waals surface area contributed by atoms with Crippen LogP contribution in [0.15, 0.2) is 12.2 Å². The highest BCUT2D eigenvalue weighted by atomic mass is 16.6. The van der Waals surface area contributed by atoms with Crippen molar-refractivity contribution in [2.45, 2.75) is 12.5 Å². The molecule has 3 rings (SSSR count). The first kappa shape index (κ1) is 7.12. The van der Waals surface area contributed by atoms with E-state index in [1.54, 1.807) is 0 Å². The molecule has 2 bridgehead atoms. The summed E-state index contributed by atoms with van der Waals surface area (Å²) < 4.78 is 4.53. The predicted octanol–water partition coefficient (Wildman–Crippen LogP) is 0.444. The molecule has 4 atom stereocenters. The lowest BCUT2D eigenvalue weighted by Gasteiger charge is -2.30. The van der Waals surface area contributed by atoms with Gasteiger partial charge in [0.2, 0.25) is 0 Å². The van der Waals surface area contributed by atoms with Crippen molar-refractivity contribution in [3.8, 4) is 0 Å². The van der Waals surface area contributed by atoms with Crippen molar-refractivity contribution >= 4 is 12.1 Å². The molecule has 0 aromatic rings. The van der Waals surface area contributed by atoms with Crippen molar-refractivity contribution in [1.29, 1.82) is 0 Å². The van der Waals surface area contributed by atoms with E-state index in [0.717, 1.165) is 6.42 Å². The number of hydrogen-bond acceptors (Lipinski definition) is 3. The second-order valence-electron chi connectivity index (χ2n) is 3.85. The quantitative estimate of drug-likeness (QED) is 0.333. The van der Waals surface area contributed by atoms with Crippen molar-refractivity contribution in [3.63, 3.8) is 0 Å². The summed E-state index contributed by atoms with van der Waals surface area (Å²) in [5.41, 5.74) is 0. The lowest BCUT2D eigenvalue weighted by Crippen LogP contribution is -2.52. The molecule has 68 valence electrons. The highest BCUT2D eigenvalue weighted by molar-refractivity contribution is 5.90. The van der Waals surface area contributed by atoms with Gasteiger partial charge in [-0.3, -0.25) is 4.79 Å². The molecule has 1 amide bonds. The minimum atomic E-state index is -0.591. The highest BCUT2D eigenvalue weighted by Crippen LogP contribution is 2.45. The maximum atomic E-state index is 11.4. The number of esters is 1. The van der Waals surface area contributed by atoms with E-state index in [1.807, 2.05) is 0 Å². The van der Waals surface area contributed by atoms with E-state index in [4.69, 9.17) is 0 Å². The molecule has 0 spiro atoms. The van der Waals surface area contributed by atoms with Crippen molar-refractivity contribution in [3.05, 3.63) is 12.2 Å². The van der Waals surface area contributed by atoms with E-state index in [0.29, 0.717) is 5.92 Å². The van der Waals surface area contributed by atoms with E-state index >= 15 is 0 Å². The largest absolute Gasteiger partial charge is 0.415 e. The third kappa shape index (κ3) is 0.802. The van der Waals surface area contributed by atoms with Crippen molar-refractivity contribution in [1.82, 2.24) is 5.32 Å². The third-order valence-electron chi connectivity index (χ3n) is 3.21. The number of allylic oxidation sites excluding steroid dienone is 1. The van der Waals surface area contributed by atoms with Crippen LogP contribution in [-0.2, 0) is 9.53 Å². The molecule has 1 saturated carbocycles. The molecule has 13 heavy (non-hydrogen) atoms. The second-order valence-corrected chi connectivity index (χ2v) is 3.85. The summed E-state index contributed by atoms with van der Waals surface area (Å²) in [7, 11) is 0. The standard InChI is InChI=1S/C9H9NO3/c11-8-6-4-1-2-5(3-4)7(6)10-9(12)13-8/h1-2,4-7H,3H2,(H,10,12)/t4-,5+,6-,7+/m0/s1. The van der Waals surface area contributed by atoms with Gasteiger partial charge < -0.3 is 10.1 Å². The van der Waals surface area contributed by atoms with E-state index in [2.05, 4.69) is 22.2 Å². The molecule has 1 N–H and O–H groups in total. The fraction of sp³-hybridized carbons (Fsp3) is 0.556. The summed E-state index contributed by atoms with van der Waals surface area (Å²) in [5.74, 6) is 0.133. The average molecular weight is 179 g/mol. The fourth-order valence-corrected chi connectivity index (χ4v) is 2.67. The Morgan fingerprint density at radius 2 is 2.08 bits per heavy atom. The van der Waals surface area contributed by atoms with Crippen LogP contribution < -0.4 is 5.32 Å². The Hall–Kier alpha value is -1.32. The summed E-state index contributed by atoms with van der Waals surface area (Å²) >= 11 is 0. The Labute approximate surface area is 74.9 Å². The molecule has 3 aliphatic rings. The normalized spacial score (nSPS) is 45.8. The van der Waals surface area contributed by atoms with Gasteiger partial charge in [-0.05, 0) is 18.3 Å². The summed E-state index contributed by atoms with van der Waals surface area (Å²) in [4.78, 5) is 22.3. The molecule has 0 unspecified atom stereocenters. The number of carbonyl (C=O) groups excluding carboxylic acids is 2. The number of ether oxygens (including phenoxy) is 1. The number of hydrogen-bond donors (Lipinski definition) is 1. The van der Waals surface area contributed by atoms with Crippen molar-refractivity contribution in [2.24, 2.45) is 17.8 Å². The number of alkyl carbamates (subject to hydrolysis) is 1. The van der Waals surface area contributed by atoms with Crippen LogP contribution in [0.4, 0.5) is 4.79 Å². The van der Waals surface area contributed by atoms with Gasteiger partial charge in [-0.15, -0.1) is 0 Å². The first-order chi connectivity index (χ1) is 6.25. The number of nitrogens with one attached hydrogen (secondary N) is 1. The minimum absolute atomic E-state index is 0.0104. The molecule has 1 saturated heterocycles. The van der Waals surface area contributed by atoms with Crippen LogP contribution in [0, 0.1) is 17.8 Å². The molecule has 4 nitrogen and oxygen atoms in total. The molecule has 0 radical (unpaired) electrons. The van der Waals surface area contributed by atoms with Crippen LogP contribution in [0.25, 0.3) is 0 Å². The van der Waals surface area contributed by atoms with Gasteiger partial charge in [-0.1, -0.05) is 12.2 Å². The molecular weight excluding hydrogens is 170 g/mol. The van der Waals surface area contributed by atoms with Gasteiger partial charge in [0, 0.05) is 0 Å². The molecule has 1 heterocycles. The lowest BCUT2D eigenvalue weighted by atomic mass is 9.88. The highest BCUT2D eigenvalue weighted by Gasteiger charge is 2.52. The molecule has 0 aromatic carbocycles. The zero-order chi connectivity index (χ0) is 9.00. The van der Waals surface area contributed by atoms with E-state index in [-0.39, 0.29) is 23.8 Å². The zero-order valence-corrected chi connectivity index (χ0v) is 6.90. The smallest absolute Gasteiger partial charge is 0.376 e. The SMILES string of the molecule is O=C1N[C@H]2[C@@H](C(=O)O1)[C@H]1C=C[C@@H]2C1. The van der Waals surface area contributed by atoms with Gasteiger partial charge in [0.1, 0.15) is 0 Å². The maximum absolute atomic E-state index is 11.4. The van der Waals surface area contributed by atoms with E-state index < -0.39 is 6.09 Å². The van der Waals surface area contributed by atoms with Gasteiger partial charge in [-0.2, -0.15) is 0 Å². The van der Waals surface area contributed by atoms with Crippen molar-refractivity contribution in [2.75, 3.05) is 0 Å². The Morgan fingerprint density at radius 1 is 1.31 bits per heavy atom. The van der Waals surface area contributed by atoms with Gasteiger partial charge in [0.25, 0.3) is 0 Å². The van der Waals surface area contributed by atoms with Crippen LogP contribution in [0.5, 0.6) is 0 Å².